The van der Waals surface area contributed by atoms with Crippen LogP contribution in [0.3, 0.4) is 0 Å². The molecule has 1 heterocycles. The number of hydrogen-bond acceptors (Lipinski definition) is 1. The second kappa shape index (κ2) is 3.56. The zero-order chi connectivity index (χ0) is 8.27. The molecule has 11 heavy (non-hydrogen) atoms. The molecule has 1 atom stereocenters. The van der Waals surface area contributed by atoms with Crippen LogP contribution >= 0.6 is 0 Å². The molecular formula is C9H15NO. The summed E-state index contributed by atoms with van der Waals surface area (Å²) in [6.07, 6.45) is 4.85. The average molecular weight is 153 g/mol. The fourth-order valence-corrected chi connectivity index (χ4v) is 1.51. The van der Waals surface area contributed by atoms with E-state index in [1.165, 1.54) is 0 Å². The van der Waals surface area contributed by atoms with E-state index < -0.39 is 0 Å². The monoisotopic (exact) mass is 153 g/mol. The summed E-state index contributed by atoms with van der Waals surface area (Å²) >= 11 is 0. The molecule has 0 aromatic carbocycles. The number of likely N-dealkylation sites (tertiary alicyclic amines) is 1. The highest BCUT2D eigenvalue weighted by atomic mass is 16.2. The van der Waals surface area contributed by atoms with Crippen molar-refractivity contribution < 1.29 is 4.79 Å². The minimum absolute atomic E-state index is 0.301. The van der Waals surface area contributed by atoms with Gasteiger partial charge in [-0.3, -0.25) is 4.79 Å². The Kier molecular flexibility index (Phi) is 2.69. The molecule has 1 rings (SSSR count). The van der Waals surface area contributed by atoms with E-state index in [1.807, 2.05) is 24.8 Å². The summed E-state index contributed by atoms with van der Waals surface area (Å²) in [5.74, 6) is 0.767. The lowest BCUT2D eigenvalue weighted by Crippen LogP contribution is -2.24. The van der Waals surface area contributed by atoms with E-state index in [2.05, 4.69) is 6.08 Å². The van der Waals surface area contributed by atoms with Crippen molar-refractivity contribution in [1.82, 2.24) is 4.90 Å². The lowest BCUT2D eigenvalue weighted by molar-refractivity contribution is -0.127. The van der Waals surface area contributed by atoms with Gasteiger partial charge in [0.25, 0.3) is 0 Å². The maximum absolute atomic E-state index is 11.2. The Bertz CT molecular complexity index is 174. The maximum atomic E-state index is 11.2. The van der Waals surface area contributed by atoms with Crippen LogP contribution in [0, 0.1) is 5.92 Å². The highest BCUT2D eigenvalue weighted by Crippen LogP contribution is 2.17. The van der Waals surface area contributed by atoms with Crippen LogP contribution in [0.2, 0.25) is 0 Å². The SMILES string of the molecule is C/C=C/C1CC(=O)N(CC)C1. The Morgan fingerprint density at radius 2 is 2.45 bits per heavy atom. The molecule has 62 valence electrons. The van der Waals surface area contributed by atoms with Crippen molar-refractivity contribution in [2.45, 2.75) is 20.3 Å². The molecule has 2 heteroatoms. The van der Waals surface area contributed by atoms with Crippen molar-refractivity contribution in [1.29, 1.82) is 0 Å². The average Bonchev–Trinajstić information content (AvgIpc) is 2.32. The van der Waals surface area contributed by atoms with Crippen LogP contribution in [0.5, 0.6) is 0 Å². The minimum atomic E-state index is 0.301. The van der Waals surface area contributed by atoms with Crippen molar-refractivity contribution in [2.24, 2.45) is 5.92 Å². The van der Waals surface area contributed by atoms with E-state index in [-0.39, 0.29) is 0 Å². The van der Waals surface area contributed by atoms with E-state index in [1.54, 1.807) is 0 Å². The highest BCUT2D eigenvalue weighted by Gasteiger charge is 2.25. The van der Waals surface area contributed by atoms with Gasteiger partial charge in [-0.2, -0.15) is 0 Å². The number of carbonyl (C=O) groups excluding carboxylic acids is 1. The van der Waals surface area contributed by atoms with Gasteiger partial charge in [-0.05, 0) is 13.8 Å². The van der Waals surface area contributed by atoms with Gasteiger partial charge >= 0.3 is 0 Å². The van der Waals surface area contributed by atoms with Crippen LogP contribution in [-0.4, -0.2) is 23.9 Å². The first kappa shape index (κ1) is 8.31. The van der Waals surface area contributed by atoms with Crippen LogP contribution < -0.4 is 0 Å². The van der Waals surface area contributed by atoms with Gasteiger partial charge in [0.05, 0.1) is 0 Å². The Hall–Kier alpha value is -0.790. The fraction of sp³-hybridized carbons (Fsp3) is 0.667. The van der Waals surface area contributed by atoms with E-state index in [0.29, 0.717) is 18.2 Å². The topological polar surface area (TPSA) is 20.3 Å². The van der Waals surface area contributed by atoms with E-state index in [4.69, 9.17) is 0 Å². The fourth-order valence-electron chi connectivity index (χ4n) is 1.51. The van der Waals surface area contributed by atoms with Crippen molar-refractivity contribution in [2.75, 3.05) is 13.1 Å². The summed E-state index contributed by atoms with van der Waals surface area (Å²) in [7, 11) is 0. The lowest BCUT2D eigenvalue weighted by Gasteiger charge is -2.11. The Morgan fingerprint density at radius 1 is 1.73 bits per heavy atom. The largest absolute Gasteiger partial charge is 0.342 e. The molecule has 1 aliphatic heterocycles. The predicted molar refractivity (Wildman–Crippen MR) is 45.2 cm³/mol. The molecule has 1 fully saturated rings. The van der Waals surface area contributed by atoms with Gasteiger partial charge in [0.15, 0.2) is 0 Å². The summed E-state index contributed by atoms with van der Waals surface area (Å²) < 4.78 is 0. The molecule has 0 aliphatic carbocycles. The van der Waals surface area contributed by atoms with Crippen molar-refractivity contribution >= 4 is 5.91 Å². The van der Waals surface area contributed by atoms with Crippen LogP contribution in [0.1, 0.15) is 20.3 Å². The number of amides is 1. The van der Waals surface area contributed by atoms with E-state index >= 15 is 0 Å². The van der Waals surface area contributed by atoms with Crippen molar-refractivity contribution in [3.8, 4) is 0 Å². The first-order chi connectivity index (χ1) is 5.27. The molecule has 1 aliphatic rings. The number of nitrogens with zero attached hydrogens (tertiary/aromatic N) is 1. The number of hydrogen-bond donors (Lipinski definition) is 0. The molecule has 0 bridgehead atoms. The number of carbonyl (C=O) groups is 1. The zero-order valence-electron chi connectivity index (χ0n) is 7.21. The Labute approximate surface area is 67.9 Å². The third-order valence-electron chi connectivity index (χ3n) is 2.09. The molecule has 1 unspecified atom stereocenters. The highest BCUT2D eigenvalue weighted by molar-refractivity contribution is 5.78. The predicted octanol–water partition coefficient (Wildman–Crippen LogP) is 1.43. The van der Waals surface area contributed by atoms with Crippen LogP contribution in [-0.2, 0) is 4.79 Å². The van der Waals surface area contributed by atoms with E-state index in [0.717, 1.165) is 13.1 Å². The van der Waals surface area contributed by atoms with E-state index in [9.17, 15) is 4.79 Å². The molecule has 0 aromatic rings. The molecule has 1 amide bonds. The summed E-state index contributed by atoms with van der Waals surface area (Å²) in [5.41, 5.74) is 0. The third kappa shape index (κ3) is 1.82. The maximum Gasteiger partial charge on any atom is 0.223 e. The van der Waals surface area contributed by atoms with Gasteiger partial charge in [0, 0.05) is 25.4 Å². The first-order valence-corrected chi connectivity index (χ1v) is 4.18. The molecule has 0 aromatic heterocycles. The minimum Gasteiger partial charge on any atom is -0.342 e. The molecule has 0 spiro atoms. The number of rotatable bonds is 2. The van der Waals surface area contributed by atoms with Gasteiger partial charge in [-0.15, -0.1) is 0 Å². The molecule has 0 radical (unpaired) electrons. The van der Waals surface area contributed by atoms with Gasteiger partial charge in [-0.25, -0.2) is 0 Å². The second-order valence-electron chi connectivity index (χ2n) is 2.92. The molecule has 1 saturated heterocycles. The van der Waals surface area contributed by atoms with Crippen LogP contribution in [0.4, 0.5) is 0 Å². The van der Waals surface area contributed by atoms with Gasteiger partial charge < -0.3 is 4.90 Å². The normalized spacial score (nSPS) is 25.5. The summed E-state index contributed by atoms with van der Waals surface area (Å²) in [6.45, 7) is 5.79. The lowest BCUT2D eigenvalue weighted by atomic mass is 10.1. The first-order valence-electron chi connectivity index (χ1n) is 4.18. The molecular weight excluding hydrogens is 138 g/mol. The van der Waals surface area contributed by atoms with Gasteiger partial charge in [0.2, 0.25) is 5.91 Å². The van der Waals surface area contributed by atoms with Gasteiger partial charge in [0.1, 0.15) is 0 Å². The van der Waals surface area contributed by atoms with Crippen LogP contribution in [0.15, 0.2) is 12.2 Å². The molecule has 0 N–H and O–H groups in total. The summed E-state index contributed by atoms with van der Waals surface area (Å²) in [6, 6.07) is 0. The summed E-state index contributed by atoms with van der Waals surface area (Å²) in [5, 5.41) is 0. The molecule has 2 nitrogen and oxygen atoms in total. The standard InChI is InChI=1S/C9H15NO/c1-3-5-8-6-9(11)10(4-2)7-8/h3,5,8H,4,6-7H2,1-2H3/b5-3+. The second-order valence-corrected chi connectivity index (χ2v) is 2.92. The van der Waals surface area contributed by atoms with Crippen LogP contribution in [0.25, 0.3) is 0 Å². The van der Waals surface area contributed by atoms with Gasteiger partial charge in [-0.1, -0.05) is 12.2 Å². The van der Waals surface area contributed by atoms with Crippen molar-refractivity contribution in [3.05, 3.63) is 12.2 Å². The summed E-state index contributed by atoms with van der Waals surface area (Å²) in [4.78, 5) is 13.1. The van der Waals surface area contributed by atoms with Crippen molar-refractivity contribution in [3.63, 3.8) is 0 Å². The Morgan fingerprint density at radius 3 is 2.91 bits per heavy atom. The smallest absolute Gasteiger partial charge is 0.223 e. The third-order valence-corrected chi connectivity index (χ3v) is 2.09. The molecule has 0 saturated carbocycles. The zero-order valence-corrected chi connectivity index (χ0v) is 7.21. The Balaban J connectivity index is 2.49. The quantitative estimate of drug-likeness (QED) is 0.549. The number of allylic oxidation sites excluding steroid dienone is 1.